The quantitative estimate of drug-likeness (QED) is 0.836. The average Bonchev–Trinajstić information content (AvgIpc) is 2.18. The molecule has 1 aromatic rings. The molecule has 0 aliphatic heterocycles. The molecular weight excluding hydrogens is 256 g/mol. The second-order valence-electron chi connectivity index (χ2n) is 3.62. The molecule has 0 saturated carbocycles. The highest BCUT2D eigenvalue weighted by Gasteiger charge is 2.03. The molecule has 0 aromatic heterocycles. The first-order valence-corrected chi connectivity index (χ1v) is 6.12. The summed E-state index contributed by atoms with van der Waals surface area (Å²) in [5.41, 5.74) is 3.39. The van der Waals surface area contributed by atoms with Crippen molar-refractivity contribution < 1.29 is 9.90 Å². The minimum absolute atomic E-state index is 0.113. The number of hydrogen-bond donors (Lipinski definition) is 1. The Morgan fingerprint density at radius 1 is 1.47 bits per heavy atom. The maximum absolute atomic E-state index is 10.6. The topological polar surface area (TPSA) is 37.3 Å². The maximum atomic E-state index is 10.6. The zero-order chi connectivity index (χ0) is 11.3. The van der Waals surface area contributed by atoms with Gasteiger partial charge in [-0.2, -0.15) is 0 Å². The van der Waals surface area contributed by atoms with Gasteiger partial charge in [0.1, 0.15) is 0 Å². The van der Waals surface area contributed by atoms with E-state index in [0.717, 1.165) is 23.7 Å². The zero-order valence-electron chi connectivity index (χ0n) is 8.79. The van der Waals surface area contributed by atoms with Gasteiger partial charge in [-0.25, -0.2) is 0 Å². The highest BCUT2D eigenvalue weighted by molar-refractivity contribution is 9.09. The van der Waals surface area contributed by atoms with E-state index in [1.54, 1.807) is 0 Å². The average molecular weight is 271 g/mol. The summed E-state index contributed by atoms with van der Waals surface area (Å²) >= 11 is 3.40. The Morgan fingerprint density at radius 3 is 2.80 bits per heavy atom. The fourth-order valence-electron chi connectivity index (χ4n) is 1.54. The summed E-state index contributed by atoms with van der Waals surface area (Å²) in [6.45, 7) is 2.06. The molecule has 0 unspecified atom stereocenters. The van der Waals surface area contributed by atoms with E-state index in [1.165, 1.54) is 11.1 Å². The van der Waals surface area contributed by atoms with Crippen LogP contribution in [-0.2, 0) is 17.6 Å². The number of benzene rings is 1. The molecule has 0 bridgehead atoms. The lowest BCUT2D eigenvalue weighted by atomic mass is 10.00. The molecular formula is C12H15BrO2. The molecule has 82 valence electrons. The lowest BCUT2D eigenvalue weighted by molar-refractivity contribution is -0.136. The van der Waals surface area contributed by atoms with Crippen LogP contribution in [0, 0.1) is 6.92 Å². The molecule has 0 aliphatic carbocycles. The lowest BCUT2D eigenvalue weighted by Crippen LogP contribution is -2.01. The normalized spacial score (nSPS) is 10.3. The van der Waals surface area contributed by atoms with Crippen molar-refractivity contribution in [2.75, 3.05) is 5.33 Å². The van der Waals surface area contributed by atoms with Crippen molar-refractivity contribution in [3.63, 3.8) is 0 Å². The predicted octanol–water partition coefficient (Wildman–Crippen LogP) is 2.95. The SMILES string of the molecule is Cc1ccc(CC(=O)O)cc1CCCBr. The van der Waals surface area contributed by atoms with Crippen LogP contribution < -0.4 is 0 Å². The molecule has 0 aliphatic rings. The molecule has 15 heavy (non-hydrogen) atoms. The number of rotatable bonds is 5. The first-order chi connectivity index (χ1) is 7.13. The van der Waals surface area contributed by atoms with E-state index >= 15 is 0 Å². The third kappa shape index (κ3) is 4.04. The van der Waals surface area contributed by atoms with Crippen molar-refractivity contribution in [1.29, 1.82) is 0 Å². The van der Waals surface area contributed by atoms with E-state index in [2.05, 4.69) is 22.9 Å². The molecule has 0 saturated heterocycles. The third-order valence-corrected chi connectivity index (χ3v) is 2.91. The summed E-state index contributed by atoms with van der Waals surface area (Å²) in [7, 11) is 0. The number of carboxylic acids is 1. The molecule has 3 heteroatoms. The highest BCUT2D eigenvalue weighted by Crippen LogP contribution is 2.14. The van der Waals surface area contributed by atoms with E-state index in [4.69, 9.17) is 5.11 Å². The number of carboxylic acid groups (broad SMARTS) is 1. The van der Waals surface area contributed by atoms with Crippen molar-refractivity contribution in [3.05, 3.63) is 34.9 Å². The van der Waals surface area contributed by atoms with Gasteiger partial charge < -0.3 is 5.11 Å². The van der Waals surface area contributed by atoms with Gasteiger partial charge in [0.15, 0.2) is 0 Å². The van der Waals surface area contributed by atoms with Gasteiger partial charge in [0.25, 0.3) is 0 Å². The van der Waals surface area contributed by atoms with Gasteiger partial charge in [-0.3, -0.25) is 4.79 Å². The van der Waals surface area contributed by atoms with Crippen LogP contribution in [0.3, 0.4) is 0 Å². The van der Waals surface area contributed by atoms with Crippen molar-refractivity contribution in [2.24, 2.45) is 0 Å². The predicted molar refractivity (Wildman–Crippen MR) is 64.6 cm³/mol. The molecule has 0 radical (unpaired) electrons. The Hall–Kier alpha value is -0.830. The standard InChI is InChI=1S/C12H15BrO2/c1-9-4-5-10(8-12(14)15)7-11(9)3-2-6-13/h4-5,7H,2-3,6,8H2,1H3,(H,14,15). The van der Waals surface area contributed by atoms with Crippen LogP contribution in [0.1, 0.15) is 23.1 Å². The number of hydrogen-bond acceptors (Lipinski definition) is 1. The van der Waals surface area contributed by atoms with Crippen molar-refractivity contribution in [1.82, 2.24) is 0 Å². The number of halogens is 1. The van der Waals surface area contributed by atoms with Crippen LogP contribution in [0.2, 0.25) is 0 Å². The monoisotopic (exact) mass is 270 g/mol. The number of carbonyl (C=O) groups is 1. The summed E-state index contributed by atoms with van der Waals surface area (Å²) in [5.74, 6) is -0.773. The molecule has 0 spiro atoms. The van der Waals surface area contributed by atoms with Gasteiger partial charge in [0, 0.05) is 5.33 Å². The molecule has 1 aromatic carbocycles. The van der Waals surface area contributed by atoms with Crippen LogP contribution in [0.5, 0.6) is 0 Å². The number of alkyl halides is 1. The van der Waals surface area contributed by atoms with E-state index < -0.39 is 5.97 Å². The van der Waals surface area contributed by atoms with E-state index in [9.17, 15) is 4.79 Å². The van der Waals surface area contributed by atoms with Crippen LogP contribution in [0.25, 0.3) is 0 Å². The van der Waals surface area contributed by atoms with Crippen LogP contribution in [0.4, 0.5) is 0 Å². The Labute approximate surface area is 98.4 Å². The molecule has 2 nitrogen and oxygen atoms in total. The summed E-state index contributed by atoms with van der Waals surface area (Å²) in [4.78, 5) is 10.6. The Balaban J connectivity index is 2.79. The van der Waals surface area contributed by atoms with Gasteiger partial charge in [-0.1, -0.05) is 34.1 Å². The highest BCUT2D eigenvalue weighted by atomic mass is 79.9. The Bertz CT molecular complexity index is 347. The van der Waals surface area contributed by atoms with Crippen LogP contribution in [-0.4, -0.2) is 16.4 Å². The second kappa shape index (κ2) is 5.91. The van der Waals surface area contributed by atoms with Gasteiger partial charge in [-0.15, -0.1) is 0 Å². The van der Waals surface area contributed by atoms with Gasteiger partial charge in [-0.05, 0) is 36.5 Å². The minimum atomic E-state index is -0.773. The molecule has 0 heterocycles. The summed E-state index contributed by atoms with van der Waals surface area (Å²) in [5, 5.41) is 9.68. The molecule has 1 rings (SSSR count). The second-order valence-corrected chi connectivity index (χ2v) is 4.42. The molecule has 0 atom stereocenters. The fraction of sp³-hybridized carbons (Fsp3) is 0.417. The van der Waals surface area contributed by atoms with E-state index in [0.29, 0.717) is 0 Å². The van der Waals surface area contributed by atoms with Crippen molar-refractivity contribution in [2.45, 2.75) is 26.2 Å². The smallest absolute Gasteiger partial charge is 0.307 e. The number of aliphatic carboxylic acids is 1. The molecule has 1 N–H and O–H groups in total. The zero-order valence-corrected chi connectivity index (χ0v) is 10.4. The largest absolute Gasteiger partial charge is 0.481 e. The fourth-order valence-corrected chi connectivity index (χ4v) is 1.82. The van der Waals surface area contributed by atoms with E-state index in [-0.39, 0.29) is 6.42 Å². The van der Waals surface area contributed by atoms with Gasteiger partial charge >= 0.3 is 5.97 Å². The molecule has 0 amide bonds. The lowest BCUT2D eigenvalue weighted by Gasteiger charge is -2.07. The van der Waals surface area contributed by atoms with Crippen LogP contribution in [0.15, 0.2) is 18.2 Å². The van der Waals surface area contributed by atoms with Gasteiger partial charge in [0.05, 0.1) is 6.42 Å². The van der Waals surface area contributed by atoms with Crippen LogP contribution >= 0.6 is 15.9 Å². The van der Waals surface area contributed by atoms with Crippen molar-refractivity contribution >= 4 is 21.9 Å². The van der Waals surface area contributed by atoms with Gasteiger partial charge in [0.2, 0.25) is 0 Å². The number of aryl methyl sites for hydroxylation is 2. The first kappa shape index (κ1) is 12.2. The summed E-state index contributed by atoms with van der Waals surface area (Å²) in [6, 6.07) is 5.90. The first-order valence-electron chi connectivity index (χ1n) is 4.99. The molecule has 0 fully saturated rings. The Morgan fingerprint density at radius 2 is 2.20 bits per heavy atom. The third-order valence-electron chi connectivity index (χ3n) is 2.35. The Kier molecular flexibility index (Phi) is 4.82. The summed E-state index contributed by atoms with van der Waals surface area (Å²) in [6.07, 6.45) is 2.20. The van der Waals surface area contributed by atoms with E-state index in [1.807, 2.05) is 18.2 Å². The summed E-state index contributed by atoms with van der Waals surface area (Å²) < 4.78 is 0. The van der Waals surface area contributed by atoms with Crippen molar-refractivity contribution in [3.8, 4) is 0 Å². The minimum Gasteiger partial charge on any atom is -0.481 e. The maximum Gasteiger partial charge on any atom is 0.307 e.